The van der Waals surface area contributed by atoms with Crippen LogP contribution < -0.4 is 29.0 Å². The van der Waals surface area contributed by atoms with E-state index in [1.54, 1.807) is 25.5 Å². The van der Waals surface area contributed by atoms with Crippen LogP contribution in [0.25, 0.3) is 17.0 Å². The molecule has 222 valence electrons. The van der Waals surface area contributed by atoms with Gasteiger partial charge in [0.1, 0.15) is 30.2 Å². The molecule has 2 N–H and O–H groups in total. The molecule has 3 rings (SSSR count). The molecule has 41 heavy (non-hydrogen) atoms. The first-order valence-corrected chi connectivity index (χ1v) is 12.9. The Morgan fingerprint density at radius 2 is 1.51 bits per heavy atom. The van der Waals surface area contributed by atoms with Gasteiger partial charge in [-0.1, -0.05) is 18.2 Å². The fourth-order valence-electron chi connectivity index (χ4n) is 4.36. The first kappa shape index (κ1) is 32.7. The van der Waals surface area contributed by atoms with Gasteiger partial charge >= 0.3 is 5.97 Å². The van der Waals surface area contributed by atoms with Crippen LogP contribution in [0.2, 0.25) is 0 Å². The lowest BCUT2D eigenvalue weighted by Gasteiger charge is -2.27. The van der Waals surface area contributed by atoms with Gasteiger partial charge in [-0.25, -0.2) is 4.79 Å². The van der Waals surface area contributed by atoms with E-state index in [1.807, 2.05) is 24.3 Å². The van der Waals surface area contributed by atoms with Crippen molar-refractivity contribution in [1.82, 2.24) is 0 Å². The number of rotatable bonds is 12. The number of fused-ring (bicyclic) bond motifs is 1. The van der Waals surface area contributed by atoms with E-state index in [2.05, 4.69) is 27.7 Å². The third-order valence-electron chi connectivity index (χ3n) is 6.27. The molecule has 3 aromatic rings. The number of aliphatic carboxylic acids is 2. The zero-order valence-corrected chi connectivity index (χ0v) is 24.3. The number of allylic oxidation sites excluding steroid dienone is 1. The number of hydrogen-bond donors (Lipinski definition) is 2. The van der Waals surface area contributed by atoms with E-state index in [9.17, 15) is 4.79 Å². The summed E-state index contributed by atoms with van der Waals surface area (Å²) in [4.78, 5) is 33.0. The van der Waals surface area contributed by atoms with Crippen LogP contribution >= 0.6 is 0 Å². The Labute approximate surface area is 238 Å². The van der Waals surface area contributed by atoms with Crippen LogP contribution in [0.15, 0.2) is 47.1 Å². The van der Waals surface area contributed by atoms with Crippen molar-refractivity contribution in [3.8, 4) is 23.0 Å². The largest absolute Gasteiger partial charge is 0.539 e. The predicted octanol–water partition coefficient (Wildman–Crippen LogP) is 2.26. The normalized spacial score (nSPS) is 11.1. The van der Waals surface area contributed by atoms with Gasteiger partial charge in [0.05, 0.1) is 45.1 Å². The third-order valence-corrected chi connectivity index (χ3v) is 6.27. The summed E-state index contributed by atoms with van der Waals surface area (Å²) < 4.78 is 28.5. The zero-order valence-electron chi connectivity index (χ0n) is 24.3. The molecule has 1 heterocycles. The Morgan fingerprint density at radius 3 is 2.00 bits per heavy atom. The van der Waals surface area contributed by atoms with E-state index >= 15 is 0 Å². The molecule has 0 saturated heterocycles. The second-order valence-electron chi connectivity index (χ2n) is 9.48. The van der Waals surface area contributed by atoms with E-state index in [-0.39, 0.29) is 5.78 Å². The van der Waals surface area contributed by atoms with Crippen molar-refractivity contribution in [3.63, 3.8) is 0 Å². The molecule has 1 aromatic heterocycles. The maximum atomic E-state index is 13.5. The first-order valence-electron chi connectivity index (χ1n) is 12.9. The van der Waals surface area contributed by atoms with Crippen molar-refractivity contribution in [2.24, 2.45) is 0 Å². The monoisotopic (exact) mass is 571 g/mol. The average Bonchev–Trinajstić information content (AvgIpc) is 3.42. The first-order chi connectivity index (χ1) is 19.5. The molecule has 0 radical (unpaired) electrons. The fraction of sp³-hybridized carbons (Fsp3) is 0.367. The van der Waals surface area contributed by atoms with Gasteiger partial charge in [-0.3, -0.25) is 4.79 Å². The molecule has 0 atom stereocenters. The van der Waals surface area contributed by atoms with Crippen molar-refractivity contribution < 1.29 is 52.9 Å². The third kappa shape index (κ3) is 8.49. The quantitative estimate of drug-likeness (QED) is 0.188. The standard InChI is InChI=1S/C28H35NO6.C2H2O4/c1-18(2)29(19(3)4)15-17-35-27-24(23(30)13-10-20-8-11-21(31-5)12-9-20)25(32-6)22-14-16-34-26(22)28(27)33-7;3-1(4)2(5)6/h8-14,16,18-19H,15,17H2,1-7H3;(H,3,4)(H,5,6)/b13-10+;. The van der Waals surface area contributed by atoms with Gasteiger partial charge in [0.25, 0.3) is 0 Å². The SMILES string of the molecule is COc1ccc(/C=C/C(=O)c2c(OCC[NH+](C(C)C)C(C)C)c(OC)c3occc3c2OC)cc1.O=C([O-])C(=O)O. The van der Waals surface area contributed by atoms with E-state index < -0.39 is 11.9 Å². The second kappa shape index (κ2) is 15.3. The van der Waals surface area contributed by atoms with Gasteiger partial charge in [0.15, 0.2) is 23.1 Å². The number of carboxylic acid groups (broad SMARTS) is 2. The molecular weight excluding hydrogens is 534 g/mol. The van der Waals surface area contributed by atoms with Crippen LogP contribution in [0.3, 0.4) is 0 Å². The second-order valence-corrected chi connectivity index (χ2v) is 9.48. The highest BCUT2D eigenvalue weighted by atomic mass is 16.5. The Hall–Kier alpha value is -4.51. The van der Waals surface area contributed by atoms with Crippen LogP contribution in [0, 0.1) is 0 Å². The molecule has 0 bridgehead atoms. The summed E-state index contributed by atoms with van der Waals surface area (Å²) in [6.45, 7) is 9.92. The highest BCUT2D eigenvalue weighted by molar-refractivity contribution is 6.26. The van der Waals surface area contributed by atoms with E-state index in [1.165, 1.54) is 25.2 Å². The molecule has 0 amide bonds. The Balaban J connectivity index is 0.000000883. The summed E-state index contributed by atoms with van der Waals surface area (Å²) >= 11 is 0. The van der Waals surface area contributed by atoms with E-state index in [4.69, 9.17) is 43.2 Å². The minimum Gasteiger partial charge on any atom is -0.539 e. The minimum absolute atomic E-state index is 0.258. The molecular formula is C30H37NO10. The number of ketones is 1. The minimum atomic E-state index is -2.07. The lowest BCUT2D eigenvalue weighted by molar-refractivity contribution is -0.942. The highest BCUT2D eigenvalue weighted by Crippen LogP contribution is 2.46. The Bertz CT molecular complexity index is 1340. The lowest BCUT2D eigenvalue weighted by Crippen LogP contribution is -3.18. The number of benzene rings is 2. The van der Waals surface area contributed by atoms with Crippen molar-refractivity contribution in [1.29, 1.82) is 0 Å². The van der Waals surface area contributed by atoms with Crippen LogP contribution in [0.5, 0.6) is 23.0 Å². The summed E-state index contributed by atoms with van der Waals surface area (Å²) in [5.41, 5.74) is 1.65. The number of nitrogens with one attached hydrogen (secondary N) is 1. The molecule has 0 fully saturated rings. The van der Waals surface area contributed by atoms with Gasteiger partial charge in [-0.05, 0) is 57.5 Å². The molecule has 0 aliphatic heterocycles. The topological polar surface area (TPSA) is 149 Å². The Morgan fingerprint density at radius 1 is 0.927 bits per heavy atom. The lowest BCUT2D eigenvalue weighted by atomic mass is 10.0. The van der Waals surface area contributed by atoms with Crippen LogP contribution in [-0.2, 0) is 9.59 Å². The van der Waals surface area contributed by atoms with Gasteiger partial charge in [0, 0.05) is 0 Å². The summed E-state index contributed by atoms with van der Waals surface area (Å²) in [6.07, 6.45) is 4.81. The molecule has 0 unspecified atom stereocenters. The van der Waals surface area contributed by atoms with Gasteiger partial charge in [-0.2, -0.15) is 0 Å². The van der Waals surface area contributed by atoms with Gasteiger partial charge < -0.3 is 43.3 Å². The molecule has 0 aliphatic rings. The number of carbonyl (C=O) groups is 3. The summed E-state index contributed by atoms with van der Waals surface area (Å²) in [6, 6.07) is 10.1. The number of furan rings is 1. The van der Waals surface area contributed by atoms with Crippen LogP contribution in [0.4, 0.5) is 0 Å². The molecule has 0 spiro atoms. The summed E-state index contributed by atoms with van der Waals surface area (Å²) in [5.74, 6) is -2.42. The number of hydrogen-bond acceptors (Lipinski definition) is 9. The van der Waals surface area contributed by atoms with E-state index in [0.717, 1.165) is 17.9 Å². The molecule has 0 saturated carbocycles. The van der Waals surface area contributed by atoms with Crippen molar-refractivity contribution in [3.05, 3.63) is 53.8 Å². The van der Waals surface area contributed by atoms with Crippen LogP contribution in [0.1, 0.15) is 43.6 Å². The summed E-state index contributed by atoms with van der Waals surface area (Å²) in [5, 5.41) is 17.0. The molecule has 0 aliphatic carbocycles. The molecule has 11 heteroatoms. The number of carboxylic acids is 2. The molecule has 2 aromatic carbocycles. The van der Waals surface area contributed by atoms with Crippen LogP contribution in [-0.4, -0.2) is 69.4 Å². The van der Waals surface area contributed by atoms with Crippen molar-refractivity contribution >= 4 is 34.8 Å². The van der Waals surface area contributed by atoms with Crippen molar-refractivity contribution in [2.45, 2.75) is 39.8 Å². The summed E-state index contributed by atoms with van der Waals surface area (Å²) in [7, 11) is 4.69. The number of carbonyl (C=O) groups excluding carboxylic acids is 2. The van der Waals surface area contributed by atoms with Crippen molar-refractivity contribution in [2.75, 3.05) is 34.5 Å². The molecule has 11 nitrogen and oxygen atoms in total. The number of ether oxygens (including phenoxy) is 4. The number of quaternary nitrogens is 1. The van der Waals surface area contributed by atoms with Gasteiger partial charge in [0.2, 0.25) is 5.75 Å². The highest BCUT2D eigenvalue weighted by Gasteiger charge is 2.28. The smallest absolute Gasteiger partial charge is 0.351 e. The van der Waals surface area contributed by atoms with Gasteiger partial charge in [-0.15, -0.1) is 0 Å². The average molecular weight is 572 g/mol. The maximum Gasteiger partial charge on any atom is 0.351 e. The Kier molecular flexibility index (Phi) is 12.2. The fourth-order valence-corrected chi connectivity index (χ4v) is 4.36. The zero-order chi connectivity index (χ0) is 30.7. The number of methoxy groups -OCH3 is 3. The van der Waals surface area contributed by atoms with E-state index in [0.29, 0.717) is 52.5 Å². The predicted molar refractivity (Wildman–Crippen MR) is 150 cm³/mol. The maximum absolute atomic E-state index is 13.5.